The number of para-hydroxylation sites is 1. The Hall–Kier alpha value is -3.36. The van der Waals surface area contributed by atoms with Crippen molar-refractivity contribution in [1.29, 1.82) is 0 Å². The third kappa shape index (κ3) is 4.63. The number of hydrogen-bond acceptors (Lipinski definition) is 3. The highest BCUT2D eigenvalue weighted by Crippen LogP contribution is 2.51. The molecule has 5 rings (SSSR count). The van der Waals surface area contributed by atoms with Gasteiger partial charge in [0.15, 0.2) is 0 Å². The van der Waals surface area contributed by atoms with E-state index in [9.17, 15) is 23.1 Å². The number of rotatable bonds is 5. The van der Waals surface area contributed by atoms with Gasteiger partial charge in [-0.3, -0.25) is 4.79 Å². The van der Waals surface area contributed by atoms with E-state index in [1.165, 1.54) is 12.1 Å². The van der Waals surface area contributed by atoms with E-state index in [0.29, 0.717) is 23.4 Å². The van der Waals surface area contributed by atoms with Gasteiger partial charge in [-0.15, -0.1) is 0 Å². The Bertz CT molecular complexity index is 1240. The number of anilines is 1. The summed E-state index contributed by atoms with van der Waals surface area (Å²) in [5.41, 5.74) is 0.452. The number of alkyl halides is 3. The quantitative estimate of drug-likeness (QED) is 0.503. The van der Waals surface area contributed by atoms with Gasteiger partial charge in [0, 0.05) is 30.7 Å². The van der Waals surface area contributed by atoms with E-state index >= 15 is 0 Å². The van der Waals surface area contributed by atoms with Crippen molar-refractivity contribution in [1.82, 2.24) is 9.88 Å². The molecule has 0 spiro atoms. The Balaban J connectivity index is 1.46. The summed E-state index contributed by atoms with van der Waals surface area (Å²) in [5, 5.41) is 17.5. The van der Waals surface area contributed by atoms with Crippen LogP contribution >= 0.6 is 0 Å². The number of nitrogens with zero attached hydrogens (tertiary/aromatic N) is 1. The van der Waals surface area contributed by atoms with Crippen LogP contribution in [0.2, 0.25) is 0 Å². The first kappa shape index (κ1) is 23.4. The molecule has 5 nitrogen and oxygen atoms in total. The number of carbonyl (C=O) groups is 1. The minimum absolute atomic E-state index is 0.0523. The molecule has 2 aromatic carbocycles. The number of benzene rings is 2. The molecule has 35 heavy (non-hydrogen) atoms. The van der Waals surface area contributed by atoms with Gasteiger partial charge in [0.1, 0.15) is 12.0 Å². The Kier molecular flexibility index (Phi) is 6.02. The summed E-state index contributed by atoms with van der Waals surface area (Å²) in [5.74, 6) is -2.32. The summed E-state index contributed by atoms with van der Waals surface area (Å²) in [4.78, 5) is 12.9. The first-order chi connectivity index (χ1) is 16.7. The van der Waals surface area contributed by atoms with Gasteiger partial charge in [-0.1, -0.05) is 48.5 Å². The average molecular weight is 482 g/mol. The van der Waals surface area contributed by atoms with Crippen molar-refractivity contribution in [3.63, 3.8) is 0 Å². The van der Waals surface area contributed by atoms with Crippen molar-refractivity contribution >= 4 is 17.2 Å². The van der Waals surface area contributed by atoms with Crippen molar-refractivity contribution in [2.45, 2.75) is 43.1 Å². The largest absolute Gasteiger partial charge is 0.398 e. The molecule has 3 unspecified atom stereocenters. The maximum absolute atomic E-state index is 14.4. The Morgan fingerprint density at radius 3 is 2.46 bits per heavy atom. The highest BCUT2D eigenvalue weighted by Gasteiger charge is 2.56. The summed E-state index contributed by atoms with van der Waals surface area (Å²) in [6.45, 7) is 0.348. The summed E-state index contributed by atoms with van der Waals surface area (Å²) in [7, 11) is 0. The van der Waals surface area contributed by atoms with Crippen molar-refractivity contribution in [2.75, 3.05) is 11.9 Å². The second kappa shape index (κ2) is 9.02. The van der Waals surface area contributed by atoms with Gasteiger partial charge in [-0.2, -0.15) is 13.2 Å². The van der Waals surface area contributed by atoms with Crippen LogP contribution in [0.4, 0.5) is 18.9 Å². The standard InChI is InChI=1S/C27H26F3N3O2/c28-27(29,30)24-21-12-14-33-17-22(25(34)32-20-9-5-2-6-10-20)31-16-19(23(21)33)15-26(24,35)13-11-18-7-3-1-4-8-18/h1-10,12,14-15,22,24,31,35H,11,13,16-17H2,(H,32,34). The summed E-state index contributed by atoms with van der Waals surface area (Å²) < 4.78 is 44.8. The number of carbonyl (C=O) groups excluding carboxylic acids is 1. The Morgan fingerprint density at radius 2 is 1.77 bits per heavy atom. The smallest absolute Gasteiger partial charge is 0.385 e. The van der Waals surface area contributed by atoms with E-state index in [-0.39, 0.29) is 31.0 Å². The fourth-order valence-electron chi connectivity index (χ4n) is 5.19. The van der Waals surface area contributed by atoms with E-state index in [1.807, 2.05) is 48.5 Å². The molecule has 2 aliphatic rings. The highest BCUT2D eigenvalue weighted by atomic mass is 19.4. The fraction of sp³-hybridized carbons (Fsp3) is 0.296. The molecule has 3 aromatic rings. The van der Waals surface area contributed by atoms with Gasteiger partial charge in [-0.05, 0) is 53.8 Å². The molecule has 1 aromatic heterocycles. The monoisotopic (exact) mass is 481 g/mol. The summed E-state index contributed by atoms with van der Waals surface area (Å²) >= 11 is 0. The normalized spacial score (nSPS) is 23.7. The fourth-order valence-corrected chi connectivity index (χ4v) is 5.19. The van der Waals surface area contributed by atoms with Gasteiger partial charge < -0.3 is 20.3 Å². The lowest BCUT2D eigenvalue weighted by atomic mass is 9.72. The number of halogens is 3. The number of nitrogens with one attached hydrogen (secondary N) is 2. The van der Waals surface area contributed by atoms with Crippen LogP contribution in [0.25, 0.3) is 5.57 Å². The van der Waals surface area contributed by atoms with E-state index in [1.54, 1.807) is 22.9 Å². The van der Waals surface area contributed by atoms with Crippen LogP contribution in [0.1, 0.15) is 29.2 Å². The lowest BCUT2D eigenvalue weighted by Crippen LogP contribution is -2.46. The third-order valence-corrected chi connectivity index (χ3v) is 6.79. The number of amides is 1. The van der Waals surface area contributed by atoms with Crippen LogP contribution in [-0.2, 0) is 17.8 Å². The predicted octanol–water partition coefficient (Wildman–Crippen LogP) is 4.51. The van der Waals surface area contributed by atoms with Gasteiger partial charge in [0.2, 0.25) is 5.91 Å². The van der Waals surface area contributed by atoms with Crippen LogP contribution in [0.15, 0.2) is 79.0 Å². The number of hydrogen-bond donors (Lipinski definition) is 3. The molecular weight excluding hydrogens is 455 g/mol. The molecule has 3 atom stereocenters. The first-order valence-corrected chi connectivity index (χ1v) is 11.6. The van der Waals surface area contributed by atoms with Crippen LogP contribution in [-0.4, -0.2) is 39.9 Å². The first-order valence-electron chi connectivity index (χ1n) is 11.6. The van der Waals surface area contributed by atoms with E-state index in [0.717, 1.165) is 5.56 Å². The van der Waals surface area contributed by atoms with Crippen molar-refractivity contribution in [2.24, 2.45) is 0 Å². The predicted molar refractivity (Wildman–Crippen MR) is 128 cm³/mol. The van der Waals surface area contributed by atoms with Crippen LogP contribution < -0.4 is 10.6 Å². The molecule has 0 fully saturated rings. The minimum atomic E-state index is -4.64. The maximum atomic E-state index is 14.4. The van der Waals surface area contributed by atoms with Crippen LogP contribution in [0.3, 0.4) is 0 Å². The Labute approximate surface area is 201 Å². The molecule has 0 saturated carbocycles. The molecule has 3 N–H and O–H groups in total. The number of aromatic nitrogens is 1. The lowest BCUT2D eigenvalue weighted by Gasteiger charge is -2.39. The molecule has 1 amide bonds. The third-order valence-electron chi connectivity index (χ3n) is 6.79. The molecule has 1 aliphatic carbocycles. The molecule has 182 valence electrons. The van der Waals surface area contributed by atoms with Crippen molar-refractivity contribution < 1.29 is 23.1 Å². The minimum Gasteiger partial charge on any atom is -0.385 e. The second-order valence-corrected chi connectivity index (χ2v) is 9.18. The van der Waals surface area contributed by atoms with E-state index in [4.69, 9.17) is 0 Å². The highest BCUT2D eigenvalue weighted by molar-refractivity contribution is 5.95. The van der Waals surface area contributed by atoms with E-state index < -0.39 is 23.7 Å². The zero-order valence-corrected chi connectivity index (χ0v) is 18.9. The average Bonchev–Trinajstić information content (AvgIpc) is 3.13. The van der Waals surface area contributed by atoms with Crippen molar-refractivity contribution in [3.05, 3.63) is 95.8 Å². The Morgan fingerprint density at radius 1 is 1.09 bits per heavy atom. The molecular formula is C27H26F3N3O2. The number of aryl methyl sites for hydroxylation is 1. The van der Waals surface area contributed by atoms with Gasteiger partial charge >= 0.3 is 6.18 Å². The molecule has 2 heterocycles. The van der Waals surface area contributed by atoms with Gasteiger partial charge in [-0.25, -0.2) is 0 Å². The topological polar surface area (TPSA) is 66.3 Å². The second-order valence-electron chi connectivity index (χ2n) is 9.18. The molecule has 1 aliphatic heterocycles. The van der Waals surface area contributed by atoms with Gasteiger partial charge in [0.25, 0.3) is 0 Å². The molecule has 0 saturated heterocycles. The van der Waals surface area contributed by atoms with Gasteiger partial charge in [0.05, 0.1) is 5.60 Å². The SMILES string of the molecule is O=C(Nc1ccccc1)C1Cn2ccc3c2C(=CC(O)(CCc2ccccc2)C3C(F)(F)F)CN1. The molecule has 0 bridgehead atoms. The van der Waals surface area contributed by atoms with Crippen LogP contribution in [0, 0.1) is 0 Å². The maximum Gasteiger partial charge on any atom is 0.398 e. The zero-order valence-electron chi connectivity index (χ0n) is 18.9. The van der Waals surface area contributed by atoms with Crippen molar-refractivity contribution in [3.8, 4) is 0 Å². The summed E-state index contributed by atoms with van der Waals surface area (Å²) in [6, 6.07) is 19.0. The molecule has 8 heteroatoms. The number of aliphatic hydroxyl groups is 1. The molecule has 0 radical (unpaired) electrons. The van der Waals surface area contributed by atoms with E-state index in [2.05, 4.69) is 10.6 Å². The zero-order chi connectivity index (χ0) is 24.6. The van der Waals surface area contributed by atoms with Crippen LogP contribution in [0.5, 0.6) is 0 Å². The lowest BCUT2D eigenvalue weighted by molar-refractivity contribution is -0.188. The summed E-state index contributed by atoms with van der Waals surface area (Å²) in [6.07, 6.45) is -1.47.